The predicted octanol–water partition coefficient (Wildman–Crippen LogP) is 5.32. The van der Waals surface area contributed by atoms with Crippen LogP contribution < -0.4 is 4.74 Å². The largest absolute Gasteiger partial charge is 0.462 e. The number of pyridine rings is 1. The van der Waals surface area contributed by atoms with Crippen molar-refractivity contribution in [2.45, 2.75) is 38.5 Å². The summed E-state index contributed by atoms with van der Waals surface area (Å²) < 4.78 is 30.8. The topological polar surface area (TPSA) is 22.1 Å². The second-order valence-electron chi connectivity index (χ2n) is 6.16. The molecule has 0 amide bonds. The average molecular weight is 316 g/mol. The molecule has 1 aromatic heterocycles. The molecule has 1 aliphatic rings. The van der Waals surface area contributed by atoms with Crippen LogP contribution in [0.1, 0.15) is 37.7 Å². The van der Waals surface area contributed by atoms with Gasteiger partial charge in [0.1, 0.15) is 11.6 Å². The maximum absolute atomic E-state index is 13.3. The lowest BCUT2D eigenvalue weighted by molar-refractivity contribution is 0.192. The molecule has 122 valence electrons. The number of rotatable bonds is 6. The monoisotopic (exact) mass is 316 g/mol. The standard InChI is InChI=1S/C19H21F2NO/c20-13-23-19-10-17(21)7-8-18(19)16-9-15(11-22-12-16)6-5-14-3-1-2-4-14/h7-12,14H,1-6,13H2/i20-1. The van der Waals surface area contributed by atoms with Crippen LogP contribution >= 0.6 is 0 Å². The van der Waals surface area contributed by atoms with Gasteiger partial charge in [-0.05, 0) is 42.5 Å². The van der Waals surface area contributed by atoms with Crippen LogP contribution in [0.15, 0.2) is 36.7 Å². The summed E-state index contributed by atoms with van der Waals surface area (Å²) in [6.45, 7) is -0.981. The van der Waals surface area contributed by atoms with E-state index < -0.39 is 12.7 Å². The van der Waals surface area contributed by atoms with Gasteiger partial charge in [-0.15, -0.1) is 0 Å². The zero-order chi connectivity index (χ0) is 16.1. The molecular formula is C19H21F2NO. The van der Waals surface area contributed by atoms with Crippen molar-refractivity contribution in [3.8, 4) is 16.9 Å². The molecule has 23 heavy (non-hydrogen) atoms. The molecule has 0 spiro atoms. The van der Waals surface area contributed by atoms with Crippen molar-refractivity contribution in [3.05, 3.63) is 48.0 Å². The van der Waals surface area contributed by atoms with Gasteiger partial charge in [0, 0.05) is 29.6 Å². The molecular weight excluding hydrogens is 295 g/mol. The van der Waals surface area contributed by atoms with Crippen molar-refractivity contribution in [2.24, 2.45) is 5.92 Å². The lowest BCUT2D eigenvalue weighted by Crippen LogP contribution is -1.98. The molecule has 0 N–H and O–H groups in total. The lowest BCUT2D eigenvalue weighted by Gasteiger charge is -2.12. The molecule has 0 bridgehead atoms. The number of ether oxygens (including phenoxy) is 1. The molecule has 2 nitrogen and oxygen atoms in total. The SMILES string of the molecule is Fc1ccc(-c2cncc(CCC3CCCC3)c2)c(OC[18F])c1. The van der Waals surface area contributed by atoms with Gasteiger partial charge in [-0.1, -0.05) is 25.7 Å². The van der Waals surface area contributed by atoms with Gasteiger partial charge < -0.3 is 4.74 Å². The Hall–Kier alpha value is -1.97. The number of aryl methyl sites for hydroxylation is 1. The number of alkyl halides is 1. The second kappa shape index (κ2) is 7.53. The summed E-state index contributed by atoms with van der Waals surface area (Å²) in [5.41, 5.74) is 2.65. The average Bonchev–Trinajstić information content (AvgIpc) is 3.07. The van der Waals surface area contributed by atoms with Crippen molar-refractivity contribution in [3.63, 3.8) is 0 Å². The Morgan fingerprint density at radius 3 is 2.74 bits per heavy atom. The molecule has 1 saturated carbocycles. The van der Waals surface area contributed by atoms with Crippen LogP contribution in [-0.2, 0) is 6.42 Å². The predicted molar refractivity (Wildman–Crippen MR) is 86.5 cm³/mol. The van der Waals surface area contributed by atoms with Crippen molar-refractivity contribution >= 4 is 0 Å². The van der Waals surface area contributed by atoms with Crippen molar-refractivity contribution in [1.29, 1.82) is 0 Å². The van der Waals surface area contributed by atoms with E-state index in [9.17, 15) is 8.78 Å². The Bertz CT molecular complexity index is 654. The highest BCUT2D eigenvalue weighted by Crippen LogP contribution is 2.32. The molecule has 0 saturated heterocycles. The minimum absolute atomic E-state index is 0.210. The van der Waals surface area contributed by atoms with Gasteiger partial charge in [0.2, 0.25) is 6.86 Å². The van der Waals surface area contributed by atoms with E-state index in [4.69, 9.17) is 4.74 Å². The fourth-order valence-electron chi connectivity index (χ4n) is 3.35. The Kier molecular flexibility index (Phi) is 5.21. The lowest BCUT2D eigenvalue weighted by atomic mass is 9.97. The minimum atomic E-state index is -0.981. The highest BCUT2D eigenvalue weighted by atomic mass is 19.1. The van der Waals surface area contributed by atoms with Gasteiger partial charge in [0.25, 0.3) is 0 Å². The van der Waals surface area contributed by atoms with E-state index in [-0.39, 0.29) is 5.75 Å². The first-order valence-electron chi connectivity index (χ1n) is 8.19. The van der Waals surface area contributed by atoms with E-state index in [1.165, 1.54) is 44.2 Å². The van der Waals surface area contributed by atoms with Crippen LogP contribution in [0.25, 0.3) is 11.1 Å². The second-order valence-corrected chi connectivity index (χ2v) is 6.16. The van der Waals surface area contributed by atoms with Crippen molar-refractivity contribution in [2.75, 3.05) is 6.86 Å². The minimum Gasteiger partial charge on any atom is -0.462 e. The van der Waals surface area contributed by atoms with Crippen molar-refractivity contribution < 1.29 is 13.5 Å². The number of halogens is 2. The number of aromatic nitrogens is 1. The molecule has 2 aromatic rings. The molecule has 1 aliphatic carbocycles. The summed E-state index contributed by atoms with van der Waals surface area (Å²) in [5, 5.41) is 0. The van der Waals surface area contributed by atoms with Crippen molar-refractivity contribution in [1.82, 2.24) is 4.98 Å². The quantitative estimate of drug-likeness (QED) is 0.720. The normalized spacial score (nSPS) is 15.0. The summed E-state index contributed by atoms with van der Waals surface area (Å²) in [6.07, 6.45) is 11.1. The third-order valence-electron chi connectivity index (χ3n) is 4.58. The van der Waals surface area contributed by atoms with E-state index in [1.807, 2.05) is 12.3 Å². The number of benzene rings is 1. The first-order valence-corrected chi connectivity index (χ1v) is 8.19. The number of nitrogens with zero attached hydrogens (tertiary/aromatic N) is 1. The highest BCUT2D eigenvalue weighted by molar-refractivity contribution is 5.70. The fourth-order valence-corrected chi connectivity index (χ4v) is 3.35. The van der Waals surface area contributed by atoms with Crippen LogP contribution in [0.4, 0.5) is 8.78 Å². The smallest absolute Gasteiger partial charge is 0.228 e. The van der Waals surface area contributed by atoms with Crippen LogP contribution in [0, 0.1) is 11.7 Å². The third-order valence-corrected chi connectivity index (χ3v) is 4.58. The van der Waals surface area contributed by atoms with E-state index >= 15 is 0 Å². The molecule has 0 aliphatic heterocycles. The molecule has 1 heterocycles. The van der Waals surface area contributed by atoms with E-state index in [0.29, 0.717) is 5.56 Å². The molecule has 0 radical (unpaired) electrons. The Morgan fingerprint density at radius 1 is 1.13 bits per heavy atom. The first-order chi connectivity index (χ1) is 11.3. The maximum Gasteiger partial charge on any atom is 0.228 e. The first kappa shape index (κ1) is 15.9. The van der Waals surface area contributed by atoms with Gasteiger partial charge in [0.15, 0.2) is 0 Å². The molecule has 1 fully saturated rings. The Morgan fingerprint density at radius 2 is 1.96 bits per heavy atom. The molecule has 4 heteroatoms. The summed E-state index contributed by atoms with van der Waals surface area (Å²) in [5.74, 6) is 0.597. The summed E-state index contributed by atoms with van der Waals surface area (Å²) in [7, 11) is 0. The van der Waals surface area contributed by atoms with Gasteiger partial charge in [0.05, 0.1) is 0 Å². The zero-order valence-corrected chi connectivity index (χ0v) is 13.1. The Labute approximate surface area is 135 Å². The molecule has 0 atom stereocenters. The number of hydrogen-bond donors (Lipinski definition) is 0. The van der Waals surface area contributed by atoms with E-state index in [0.717, 1.165) is 23.5 Å². The van der Waals surface area contributed by atoms with Crippen LogP contribution in [0.2, 0.25) is 0 Å². The summed E-state index contributed by atoms with van der Waals surface area (Å²) >= 11 is 0. The van der Waals surface area contributed by atoms with Crippen LogP contribution in [0.3, 0.4) is 0 Å². The van der Waals surface area contributed by atoms with Gasteiger partial charge in [-0.3, -0.25) is 4.98 Å². The van der Waals surface area contributed by atoms with Crippen LogP contribution in [-0.4, -0.2) is 11.8 Å². The molecule has 0 unspecified atom stereocenters. The van der Waals surface area contributed by atoms with E-state index in [2.05, 4.69) is 4.98 Å². The highest BCUT2D eigenvalue weighted by Gasteiger charge is 2.15. The number of hydrogen-bond acceptors (Lipinski definition) is 2. The fraction of sp³-hybridized carbons (Fsp3) is 0.421. The van der Waals surface area contributed by atoms with Gasteiger partial charge in [-0.2, -0.15) is 0 Å². The maximum atomic E-state index is 13.3. The molecule has 1 aromatic carbocycles. The summed E-state index contributed by atoms with van der Waals surface area (Å²) in [4.78, 5) is 4.29. The summed E-state index contributed by atoms with van der Waals surface area (Å²) in [6, 6.07) is 6.21. The Balaban J connectivity index is 1.78. The van der Waals surface area contributed by atoms with E-state index in [1.54, 1.807) is 12.3 Å². The zero-order valence-electron chi connectivity index (χ0n) is 13.1. The van der Waals surface area contributed by atoms with Gasteiger partial charge in [-0.25, -0.2) is 8.78 Å². The van der Waals surface area contributed by atoms with Gasteiger partial charge >= 0.3 is 0 Å². The molecule has 3 rings (SSSR count). The third kappa shape index (κ3) is 4.06. The van der Waals surface area contributed by atoms with Crippen LogP contribution in [0.5, 0.6) is 5.75 Å².